The highest BCUT2D eigenvalue weighted by molar-refractivity contribution is 7.80. The van der Waals surface area contributed by atoms with Gasteiger partial charge in [-0.15, -0.1) is 0 Å². The number of amides is 2. The molecule has 0 atom stereocenters. The Hall–Kier alpha value is -3.13. The number of nitrogens with one attached hydrogen (secondary N) is 3. The maximum absolute atomic E-state index is 12.4. The number of benzene rings is 2. The SMILES string of the molecule is CCCOc1ccccc1C(=O)NNC(=S)NC(=O)c1cccc(OC(C)C)c1. The predicted molar refractivity (Wildman–Crippen MR) is 115 cm³/mol. The molecule has 2 rings (SSSR count). The third kappa shape index (κ3) is 7.08. The van der Waals surface area contributed by atoms with Gasteiger partial charge in [0, 0.05) is 5.56 Å². The summed E-state index contributed by atoms with van der Waals surface area (Å²) in [4.78, 5) is 24.7. The summed E-state index contributed by atoms with van der Waals surface area (Å²) in [7, 11) is 0. The number of para-hydroxylation sites is 1. The fraction of sp³-hybridized carbons (Fsp3) is 0.286. The van der Waals surface area contributed by atoms with E-state index in [2.05, 4.69) is 16.2 Å². The van der Waals surface area contributed by atoms with E-state index >= 15 is 0 Å². The molecule has 0 spiro atoms. The van der Waals surface area contributed by atoms with Crippen LogP contribution in [0.25, 0.3) is 0 Å². The Balaban J connectivity index is 1.91. The minimum absolute atomic E-state index is 0.00421. The summed E-state index contributed by atoms with van der Waals surface area (Å²) in [6, 6.07) is 13.6. The predicted octanol–water partition coefficient (Wildman–Crippen LogP) is 3.21. The molecule has 2 aromatic carbocycles. The van der Waals surface area contributed by atoms with Crippen molar-refractivity contribution in [2.24, 2.45) is 0 Å². The summed E-state index contributed by atoms with van der Waals surface area (Å²) >= 11 is 5.08. The zero-order valence-corrected chi connectivity index (χ0v) is 17.5. The van der Waals surface area contributed by atoms with Crippen molar-refractivity contribution in [3.8, 4) is 11.5 Å². The van der Waals surface area contributed by atoms with Gasteiger partial charge in [0.1, 0.15) is 11.5 Å². The molecule has 0 unspecified atom stereocenters. The van der Waals surface area contributed by atoms with Crippen LogP contribution in [-0.2, 0) is 0 Å². The first kappa shape index (κ1) is 22.2. The van der Waals surface area contributed by atoms with E-state index in [4.69, 9.17) is 21.7 Å². The average Bonchev–Trinajstić information content (AvgIpc) is 2.70. The molecular weight excluding hydrogens is 390 g/mol. The summed E-state index contributed by atoms with van der Waals surface area (Å²) in [6.07, 6.45) is 0.823. The Kier molecular flexibility index (Phi) is 8.42. The highest BCUT2D eigenvalue weighted by Crippen LogP contribution is 2.18. The van der Waals surface area contributed by atoms with Crippen LogP contribution >= 0.6 is 12.2 Å². The molecular formula is C21H25N3O4S. The van der Waals surface area contributed by atoms with E-state index in [9.17, 15) is 9.59 Å². The van der Waals surface area contributed by atoms with Gasteiger partial charge in [-0.3, -0.25) is 25.8 Å². The maximum atomic E-state index is 12.4. The molecule has 0 fully saturated rings. The van der Waals surface area contributed by atoms with Crippen molar-refractivity contribution in [3.63, 3.8) is 0 Å². The van der Waals surface area contributed by atoms with E-state index in [0.29, 0.717) is 29.2 Å². The maximum Gasteiger partial charge on any atom is 0.273 e. The van der Waals surface area contributed by atoms with E-state index in [-0.39, 0.29) is 11.2 Å². The van der Waals surface area contributed by atoms with Gasteiger partial charge in [0.2, 0.25) is 0 Å². The monoisotopic (exact) mass is 415 g/mol. The molecule has 0 aliphatic heterocycles. The summed E-state index contributed by atoms with van der Waals surface area (Å²) in [5.74, 6) is 0.215. The number of hydrogen-bond acceptors (Lipinski definition) is 5. The molecule has 8 heteroatoms. The van der Waals surface area contributed by atoms with E-state index in [1.54, 1.807) is 48.5 Å². The van der Waals surface area contributed by atoms with E-state index < -0.39 is 11.8 Å². The van der Waals surface area contributed by atoms with E-state index in [1.165, 1.54) is 0 Å². The van der Waals surface area contributed by atoms with Crippen molar-refractivity contribution >= 4 is 29.1 Å². The lowest BCUT2D eigenvalue weighted by Gasteiger charge is -2.14. The molecule has 0 saturated carbocycles. The zero-order chi connectivity index (χ0) is 21.2. The van der Waals surface area contributed by atoms with Gasteiger partial charge in [-0.25, -0.2) is 0 Å². The van der Waals surface area contributed by atoms with Gasteiger partial charge in [-0.05, 0) is 62.8 Å². The molecule has 0 bridgehead atoms. The van der Waals surface area contributed by atoms with Crippen molar-refractivity contribution < 1.29 is 19.1 Å². The van der Waals surface area contributed by atoms with Crippen LogP contribution in [0.4, 0.5) is 0 Å². The lowest BCUT2D eigenvalue weighted by Crippen LogP contribution is -2.48. The molecule has 2 amide bonds. The smallest absolute Gasteiger partial charge is 0.273 e. The van der Waals surface area contributed by atoms with Gasteiger partial charge in [0.15, 0.2) is 5.11 Å². The Morgan fingerprint density at radius 2 is 1.79 bits per heavy atom. The first-order valence-electron chi connectivity index (χ1n) is 9.31. The minimum atomic E-state index is -0.430. The Morgan fingerprint density at radius 1 is 1.03 bits per heavy atom. The topological polar surface area (TPSA) is 88.7 Å². The quantitative estimate of drug-likeness (QED) is 0.475. The molecule has 2 aromatic rings. The fourth-order valence-corrected chi connectivity index (χ4v) is 2.51. The van der Waals surface area contributed by atoms with Crippen LogP contribution in [0.3, 0.4) is 0 Å². The number of hydrazine groups is 1. The number of hydrogen-bond donors (Lipinski definition) is 3. The summed E-state index contributed by atoms with van der Waals surface area (Å²) in [5, 5.41) is 2.48. The molecule has 0 aliphatic carbocycles. The van der Waals surface area contributed by atoms with Crippen LogP contribution in [0.15, 0.2) is 48.5 Å². The van der Waals surface area contributed by atoms with Gasteiger partial charge < -0.3 is 9.47 Å². The number of carbonyl (C=O) groups excluding carboxylic acids is 2. The van der Waals surface area contributed by atoms with Crippen molar-refractivity contribution in [3.05, 3.63) is 59.7 Å². The highest BCUT2D eigenvalue weighted by atomic mass is 32.1. The molecule has 0 heterocycles. The largest absolute Gasteiger partial charge is 0.493 e. The van der Waals surface area contributed by atoms with Gasteiger partial charge in [-0.2, -0.15) is 0 Å². The second-order valence-electron chi connectivity index (χ2n) is 6.40. The van der Waals surface area contributed by atoms with Crippen LogP contribution in [-0.4, -0.2) is 29.6 Å². The Morgan fingerprint density at radius 3 is 2.52 bits per heavy atom. The highest BCUT2D eigenvalue weighted by Gasteiger charge is 2.13. The van der Waals surface area contributed by atoms with Gasteiger partial charge in [0.05, 0.1) is 18.3 Å². The van der Waals surface area contributed by atoms with Crippen LogP contribution in [0.5, 0.6) is 11.5 Å². The van der Waals surface area contributed by atoms with Gasteiger partial charge in [-0.1, -0.05) is 25.1 Å². The van der Waals surface area contributed by atoms with Crippen molar-refractivity contribution in [1.82, 2.24) is 16.2 Å². The second-order valence-corrected chi connectivity index (χ2v) is 6.81. The van der Waals surface area contributed by atoms with Crippen molar-refractivity contribution in [2.45, 2.75) is 33.3 Å². The minimum Gasteiger partial charge on any atom is -0.493 e. The molecule has 0 aromatic heterocycles. The summed E-state index contributed by atoms with van der Waals surface area (Å²) in [6.45, 7) is 6.29. The Labute approximate surface area is 175 Å². The lowest BCUT2D eigenvalue weighted by molar-refractivity contribution is 0.0931. The fourth-order valence-electron chi connectivity index (χ4n) is 2.36. The van der Waals surface area contributed by atoms with E-state index in [1.807, 2.05) is 20.8 Å². The van der Waals surface area contributed by atoms with Crippen LogP contribution in [0, 0.1) is 0 Å². The van der Waals surface area contributed by atoms with Gasteiger partial charge >= 0.3 is 0 Å². The van der Waals surface area contributed by atoms with Crippen molar-refractivity contribution in [2.75, 3.05) is 6.61 Å². The normalized spacial score (nSPS) is 10.2. The zero-order valence-electron chi connectivity index (χ0n) is 16.7. The number of rotatable bonds is 7. The van der Waals surface area contributed by atoms with E-state index in [0.717, 1.165) is 6.42 Å². The third-order valence-electron chi connectivity index (χ3n) is 3.58. The first-order valence-corrected chi connectivity index (χ1v) is 9.71. The number of thiocarbonyl (C=S) groups is 1. The lowest BCUT2D eigenvalue weighted by atomic mass is 10.2. The molecule has 154 valence electrons. The number of ether oxygens (including phenoxy) is 2. The molecule has 0 radical (unpaired) electrons. The molecule has 0 saturated heterocycles. The van der Waals surface area contributed by atoms with Crippen LogP contribution in [0.2, 0.25) is 0 Å². The van der Waals surface area contributed by atoms with Crippen LogP contribution < -0.4 is 25.6 Å². The molecule has 7 nitrogen and oxygen atoms in total. The number of carbonyl (C=O) groups is 2. The molecule has 3 N–H and O–H groups in total. The molecule has 29 heavy (non-hydrogen) atoms. The van der Waals surface area contributed by atoms with Crippen molar-refractivity contribution in [1.29, 1.82) is 0 Å². The average molecular weight is 416 g/mol. The summed E-state index contributed by atoms with van der Waals surface area (Å²) < 4.78 is 11.2. The molecule has 0 aliphatic rings. The van der Waals surface area contributed by atoms with Crippen LogP contribution in [0.1, 0.15) is 47.9 Å². The standard InChI is InChI=1S/C21H25N3O4S/c1-4-12-27-18-11-6-5-10-17(18)20(26)23-24-21(29)22-19(25)15-8-7-9-16(13-15)28-14(2)3/h5-11,13-14H,4,12H2,1-3H3,(H,23,26)(H2,22,24,25,29). The second kappa shape index (κ2) is 11.0. The summed E-state index contributed by atoms with van der Waals surface area (Å²) in [5.41, 5.74) is 5.73. The third-order valence-corrected chi connectivity index (χ3v) is 3.78. The van der Waals surface area contributed by atoms with Gasteiger partial charge in [0.25, 0.3) is 11.8 Å². The Bertz CT molecular complexity index is 871. The first-order chi connectivity index (χ1) is 13.9.